The molecule has 0 amide bonds. The third kappa shape index (κ3) is 3.58. The van der Waals surface area contributed by atoms with E-state index in [4.69, 9.17) is 0 Å². The molecule has 1 saturated heterocycles. The smallest absolute Gasteiger partial charge is 0.0132 e. The lowest BCUT2D eigenvalue weighted by atomic mass is 9.74. The minimum atomic E-state index is 0.261. The minimum absolute atomic E-state index is 0.261. The monoisotopic (exact) mass is 245 g/mol. The van der Waals surface area contributed by atoms with E-state index in [1.807, 2.05) is 0 Å². The maximum atomic E-state index is 3.76. The molecule has 0 aliphatic carbocycles. The summed E-state index contributed by atoms with van der Waals surface area (Å²) in [4.78, 5) is 0. The number of aryl methyl sites for hydroxylation is 1. The molecule has 0 spiro atoms. The van der Waals surface area contributed by atoms with E-state index < -0.39 is 0 Å². The van der Waals surface area contributed by atoms with Gasteiger partial charge in [0.25, 0.3) is 0 Å². The maximum Gasteiger partial charge on any atom is 0.0132 e. The second-order valence-corrected chi connectivity index (χ2v) is 7.36. The zero-order valence-corrected chi connectivity index (χ0v) is 12.5. The number of hydrogen-bond donors (Lipinski definition) is 1. The highest BCUT2D eigenvalue weighted by Gasteiger charge is 2.37. The van der Waals surface area contributed by atoms with Crippen LogP contribution in [-0.4, -0.2) is 11.1 Å². The molecular weight excluding hydrogens is 218 g/mol. The van der Waals surface area contributed by atoms with Crippen molar-refractivity contribution in [3.63, 3.8) is 0 Å². The topological polar surface area (TPSA) is 12.0 Å². The lowest BCUT2D eigenvalue weighted by Gasteiger charge is -2.46. The van der Waals surface area contributed by atoms with Crippen molar-refractivity contribution < 1.29 is 0 Å². The summed E-state index contributed by atoms with van der Waals surface area (Å²) < 4.78 is 0. The van der Waals surface area contributed by atoms with Gasteiger partial charge in [-0.1, -0.05) is 29.8 Å². The van der Waals surface area contributed by atoms with Crippen LogP contribution in [0.25, 0.3) is 0 Å². The molecule has 1 nitrogen and oxygen atoms in total. The van der Waals surface area contributed by atoms with Crippen molar-refractivity contribution in [3.05, 3.63) is 35.4 Å². The molecule has 1 aliphatic rings. The van der Waals surface area contributed by atoms with Gasteiger partial charge in [0.1, 0.15) is 0 Å². The zero-order chi connectivity index (χ0) is 13.4. The average molecular weight is 245 g/mol. The molecule has 1 aromatic rings. The highest BCUT2D eigenvalue weighted by Crippen LogP contribution is 2.34. The molecule has 0 radical (unpaired) electrons. The quantitative estimate of drug-likeness (QED) is 0.827. The molecule has 1 fully saturated rings. The fraction of sp³-hybridized carbons (Fsp3) is 0.647. The van der Waals surface area contributed by atoms with Crippen molar-refractivity contribution >= 4 is 0 Å². The fourth-order valence-electron chi connectivity index (χ4n) is 3.74. The van der Waals surface area contributed by atoms with Crippen molar-refractivity contribution in [3.8, 4) is 0 Å². The first-order valence-corrected chi connectivity index (χ1v) is 7.11. The Balaban J connectivity index is 2.07. The highest BCUT2D eigenvalue weighted by atomic mass is 15.0. The highest BCUT2D eigenvalue weighted by molar-refractivity contribution is 5.22. The van der Waals surface area contributed by atoms with Crippen LogP contribution in [0.5, 0.6) is 0 Å². The van der Waals surface area contributed by atoms with Gasteiger partial charge in [-0.2, -0.15) is 0 Å². The predicted octanol–water partition coefficient (Wildman–Crippen LogP) is 4.09. The van der Waals surface area contributed by atoms with Crippen molar-refractivity contribution in [1.29, 1.82) is 0 Å². The van der Waals surface area contributed by atoms with Crippen molar-refractivity contribution in [1.82, 2.24) is 5.32 Å². The Morgan fingerprint density at radius 3 is 2.00 bits per heavy atom. The molecule has 1 aliphatic heterocycles. The first-order chi connectivity index (χ1) is 8.26. The molecule has 1 heteroatoms. The lowest BCUT2D eigenvalue weighted by Crippen LogP contribution is -2.58. The average Bonchev–Trinajstić information content (AvgIpc) is 2.16. The molecule has 0 atom stereocenters. The first-order valence-electron chi connectivity index (χ1n) is 7.11. The summed E-state index contributed by atoms with van der Waals surface area (Å²) in [5.41, 5.74) is 3.36. The van der Waals surface area contributed by atoms with Gasteiger partial charge in [0.05, 0.1) is 0 Å². The van der Waals surface area contributed by atoms with Gasteiger partial charge in [0.2, 0.25) is 0 Å². The summed E-state index contributed by atoms with van der Waals surface area (Å²) in [5.74, 6) is 0.791. The van der Waals surface area contributed by atoms with Crippen LogP contribution in [0.4, 0.5) is 0 Å². The Labute approximate surface area is 112 Å². The summed E-state index contributed by atoms with van der Waals surface area (Å²) in [7, 11) is 0. The zero-order valence-electron chi connectivity index (χ0n) is 12.5. The normalized spacial score (nSPS) is 22.9. The third-order valence-electron chi connectivity index (χ3n) is 3.92. The van der Waals surface area contributed by atoms with Crippen molar-refractivity contribution in [2.45, 2.75) is 65.0 Å². The first kappa shape index (κ1) is 13.6. The molecular formula is C17H27N. The van der Waals surface area contributed by atoms with Gasteiger partial charge in [0, 0.05) is 11.1 Å². The summed E-state index contributed by atoms with van der Waals surface area (Å²) in [5, 5.41) is 3.76. The Hall–Kier alpha value is -0.820. The van der Waals surface area contributed by atoms with Gasteiger partial charge in [-0.25, -0.2) is 0 Å². The van der Waals surface area contributed by atoms with Crippen molar-refractivity contribution in [2.24, 2.45) is 5.92 Å². The molecule has 100 valence electrons. The molecule has 1 heterocycles. The fourth-order valence-corrected chi connectivity index (χ4v) is 3.74. The summed E-state index contributed by atoms with van der Waals surface area (Å²) >= 11 is 0. The van der Waals surface area contributed by atoms with Crippen LogP contribution in [0, 0.1) is 12.8 Å². The molecule has 0 aromatic heterocycles. The molecule has 0 bridgehead atoms. The second kappa shape index (κ2) is 4.70. The van der Waals surface area contributed by atoms with Crippen LogP contribution in [0.15, 0.2) is 24.3 Å². The van der Waals surface area contributed by atoms with E-state index in [1.54, 1.807) is 0 Å². The van der Waals surface area contributed by atoms with Crippen LogP contribution in [-0.2, 0) is 6.42 Å². The molecule has 18 heavy (non-hydrogen) atoms. The molecule has 2 rings (SSSR count). The number of rotatable bonds is 2. The maximum absolute atomic E-state index is 3.76. The van der Waals surface area contributed by atoms with E-state index in [0.717, 1.165) is 5.92 Å². The minimum Gasteiger partial charge on any atom is -0.307 e. The predicted molar refractivity (Wildman–Crippen MR) is 78.9 cm³/mol. The van der Waals surface area contributed by atoms with Crippen LogP contribution >= 0.6 is 0 Å². The molecule has 0 saturated carbocycles. The van der Waals surface area contributed by atoms with Gasteiger partial charge in [-0.05, 0) is 65.4 Å². The van der Waals surface area contributed by atoms with Gasteiger partial charge >= 0.3 is 0 Å². The van der Waals surface area contributed by atoms with Crippen LogP contribution in [0.3, 0.4) is 0 Å². The van der Waals surface area contributed by atoms with Crippen LogP contribution in [0.1, 0.15) is 51.7 Å². The summed E-state index contributed by atoms with van der Waals surface area (Å²) in [6, 6.07) is 9.04. The Morgan fingerprint density at radius 2 is 1.50 bits per heavy atom. The lowest BCUT2D eigenvalue weighted by molar-refractivity contribution is 0.128. The molecule has 1 N–H and O–H groups in total. The van der Waals surface area contributed by atoms with E-state index in [0.29, 0.717) is 0 Å². The largest absolute Gasteiger partial charge is 0.307 e. The third-order valence-corrected chi connectivity index (χ3v) is 3.92. The summed E-state index contributed by atoms with van der Waals surface area (Å²) in [6.07, 6.45) is 3.75. The number of nitrogens with one attached hydrogen (secondary N) is 1. The van der Waals surface area contributed by atoms with E-state index in [1.165, 1.54) is 30.4 Å². The Kier molecular flexibility index (Phi) is 3.55. The van der Waals surface area contributed by atoms with E-state index in [2.05, 4.69) is 64.2 Å². The van der Waals surface area contributed by atoms with Gasteiger partial charge < -0.3 is 5.32 Å². The SMILES string of the molecule is Cc1ccc(CC2CC(C)(C)NC(C)(C)C2)cc1. The Bertz CT molecular complexity index is 384. The van der Waals surface area contributed by atoms with E-state index in [-0.39, 0.29) is 11.1 Å². The van der Waals surface area contributed by atoms with Gasteiger partial charge in [0.15, 0.2) is 0 Å². The number of hydrogen-bond acceptors (Lipinski definition) is 1. The molecule has 0 unspecified atom stereocenters. The van der Waals surface area contributed by atoms with Gasteiger partial charge in [-0.15, -0.1) is 0 Å². The summed E-state index contributed by atoms with van der Waals surface area (Å²) in [6.45, 7) is 11.5. The van der Waals surface area contributed by atoms with E-state index in [9.17, 15) is 0 Å². The molecule has 1 aromatic carbocycles. The number of piperidine rings is 1. The van der Waals surface area contributed by atoms with E-state index >= 15 is 0 Å². The van der Waals surface area contributed by atoms with Crippen molar-refractivity contribution in [2.75, 3.05) is 0 Å². The van der Waals surface area contributed by atoms with Crippen LogP contribution < -0.4 is 5.32 Å². The number of benzene rings is 1. The second-order valence-electron chi connectivity index (χ2n) is 7.36. The van der Waals surface area contributed by atoms with Gasteiger partial charge in [-0.3, -0.25) is 0 Å². The standard InChI is InChI=1S/C17H27N/c1-13-6-8-14(9-7-13)10-15-11-16(2,3)18-17(4,5)12-15/h6-9,15,18H,10-12H2,1-5H3. The van der Waals surface area contributed by atoms with Crippen LogP contribution in [0.2, 0.25) is 0 Å². The Morgan fingerprint density at radius 1 is 1.00 bits per heavy atom.